The van der Waals surface area contributed by atoms with Crippen LogP contribution in [0.25, 0.3) is 0 Å². The molecule has 0 bridgehead atoms. The first kappa shape index (κ1) is 9.33. The Morgan fingerprint density at radius 3 is 2.60 bits per heavy atom. The van der Waals surface area contributed by atoms with E-state index < -0.39 is 0 Å². The van der Waals surface area contributed by atoms with Crippen LogP contribution in [0.15, 0.2) is 4.52 Å². The van der Waals surface area contributed by atoms with Gasteiger partial charge < -0.3 is 9.84 Å². The van der Waals surface area contributed by atoms with Gasteiger partial charge in [-0.05, 0) is 24.8 Å². The molecular formula is C11H17N3O. The molecule has 1 saturated carbocycles. The molecule has 4 atom stereocenters. The lowest BCUT2D eigenvalue weighted by Gasteiger charge is -2.07. The van der Waals surface area contributed by atoms with E-state index in [-0.39, 0.29) is 0 Å². The first-order valence-electron chi connectivity index (χ1n) is 5.80. The number of nitrogens with one attached hydrogen (secondary N) is 1. The smallest absolute Gasteiger partial charge is 0.231 e. The van der Waals surface area contributed by atoms with Gasteiger partial charge in [-0.2, -0.15) is 4.98 Å². The Hall–Kier alpha value is -0.900. The van der Waals surface area contributed by atoms with E-state index in [9.17, 15) is 0 Å². The van der Waals surface area contributed by atoms with Crippen LogP contribution in [0.2, 0.25) is 0 Å². The summed E-state index contributed by atoms with van der Waals surface area (Å²) in [6, 6.07) is 0. The minimum atomic E-state index is 0.417. The van der Waals surface area contributed by atoms with Crippen LogP contribution < -0.4 is 5.32 Å². The second-order valence-corrected chi connectivity index (χ2v) is 5.05. The lowest BCUT2D eigenvalue weighted by Crippen LogP contribution is -2.08. The molecule has 2 aliphatic rings. The van der Waals surface area contributed by atoms with Gasteiger partial charge in [0.15, 0.2) is 5.82 Å². The monoisotopic (exact) mass is 207 g/mol. The fourth-order valence-electron chi connectivity index (χ4n) is 2.37. The fourth-order valence-corrected chi connectivity index (χ4v) is 2.37. The van der Waals surface area contributed by atoms with E-state index in [0.717, 1.165) is 30.7 Å². The molecule has 0 amide bonds. The summed E-state index contributed by atoms with van der Waals surface area (Å²) >= 11 is 0. The van der Waals surface area contributed by atoms with Crippen LogP contribution in [-0.2, 0) is 0 Å². The summed E-state index contributed by atoms with van der Waals surface area (Å²) in [5, 5.41) is 7.45. The standard InChI is InChI=1S/C11H17N3O/c1-6-3-8(6)10-13-11(15-14-10)9-5-12-4-7(9)2/h6-9,12H,3-5H2,1-2H3. The molecule has 4 nitrogen and oxygen atoms in total. The molecule has 1 aliphatic heterocycles. The van der Waals surface area contributed by atoms with Gasteiger partial charge >= 0.3 is 0 Å². The van der Waals surface area contributed by atoms with E-state index in [1.807, 2.05) is 0 Å². The molecule has 2 fully saturated rings. The van der Waals surface area contributed by atoms with Crippen LogP contribution in [0.4, 0.5) is 0 Å². The summed E-state index contributed by atoms with van der Waals surface area (Å²) < 4.78 is 5.37. The molecule has 1 aliphatic carbocycles. The first-order valence-corrected chi connectivity index (χ1v) is 5.80. The normalized spacial score (nSPS) is 39.6. The zero-order valence-corrected chi connectivity index (χ0v) is 9.23. The highest BCUT2D eigenvalue weighted by Gasteiger charge is 2.39. The average Bonchev–Trinajstić information content (AvgIpc) is 2.69. The van der Waals surface area contributed by atoms with Gasteiger partial charge in [-0.3, -0.25) is 0 Å². The summed E-state index contributed by atoms with van der Waals surface area (Å²) in [6.07, 6.45) is 1.22. The average molecular weight is 207 g/mol. The van der Waals surface area contributed by atoms with Crippen molar-refractivity contribution in [1.82, 2.24) is 15.5 Å². The third-order valence-electron chi connectivity index (χ3n) is 3.73. The van der Waals surface area contributed by atoms with E-state index in [4.69, 9.17) is 4.52 Å². The van der Waals surface area contributed by atoms with E-state index in [1.165, 1.54) is 6.42 Å². The Morgan fingerprint density at radius 1 is 1.20 bits per heavy atom. The van der Waals surface area contributed by atoms with Crippen molar-refractivity contribution in [3.05, 3.63) is 11.7 Å². The molecule has 0 aromatic carbocycles. The molecule has 0 spiro atoms. The molecule has 1 saturated heterocycles. The molecule has 3 rings (SSSR count). The van der Waals surface area contributed by atoms with Gasteiger partial charge in [0.2, 0.25) is 5.89 Å². The third kappa shape index (κ3) is 1.57. The van der Waals surface area contributed by atoms with Gasteiger partial charge in [0, 0.05) is 12.5 Å². The maximum Gasteiger partial charge on any atom is 0.231 e. The van der Waals surface area contributed by atoms with Crippen molar-refractivity contribution in [1.29, 1.82) is 0 Å². The highest BCUT2D eigenvalue weighted by molar-refractivity contribution is 5.10. The number of hydrogen-bond acceptors (Lipinski definition) is 4. The largest absolute Gasteiger partial charge is 0.339 e. The van der Waals surface area contributed by atoms with Gasteiger partial charge in [-0.25, -0.2) is 0 Å². The highest BCUT2D eigenvalue weighted by atomic mass is 16.5. The highest BCUT2D eigenvalue weighted by Crippen LogP contribution is 2.45. The summed E-state index contributed by atoms with van der Waals surface area (Å²) in [4.78, 5) is 4.54. The quantitative estimate of drug-likeness (QED) is 0.798. The Kier molecular flexibility index (Phi) is 2.06. The lowest BCUT2D eigenvalue weighted by molar-refractivity contribution is 0.336. The van der Waals surface area contributed by atoms with E-state index >= 15 is 0 Å². The van der Waals surface area contributed by atoms with Crippen molar-refractivity contribution < 1.29 is 4.52 Å². The van der Waals surface area contributed by atoms with Gasteiger partial charge in [0.1, 0.15) is 0 Å². The minimum Gasteiger partial charge on any atom is -0.339 e. The summed E-state index contributed by atoms with van der Waals surface area (Å²) in [5.74, 6) is 4.09. The van der Waals surface area contributed by atoms with Crippen molar-refractivity contribution in [3.8, 4) is 0 Å². The molecule has 2 heterocycles. The van der Waals surface area contributed by atoms with Crippen molar-refractivity contribution in [3.63, 3.8) is 0 Å². The van der Waals surface area contributed by atoms with Crippen LogP contribution in [0.3, 0.4) is 0 Å². The van der Waals surface area contributed by atoms with Crippen molar-refractivity contribution in [2.75, 3.05) is 13.1 Å². The Labute approximate surface area is 89.4 Å². The second-order valence-electron chi connectivity index (χ2n) is 5.05. The third-order valence-corrected chi connectivity index (χ3v) is 3.73. The zero-order valence-electron chi connectivity index (χ0n) is 9.23. The Bertz CT molecular complexity index is 362. The van der Waals surface area contributed by atoms with E-state index in [0.29, 0.717) is 17.8 Å². The molecule has 1 aromatic heterocycles. The van der Waals surface area contributed by atoms with Gasteiger partial charge in [-0.1, -0.05) is 19.0 Å². The van der Waals surface area contributed by atoms with E-state index in [1.54, 1.807) is 0 Å². The number of rotatable bonds is 2. The summed E-state index contributed by atoms with van der Waals surface area (Å²) in [7, 11) is 0. The fraction of sp³-hybridized carbons (Fsp3) is 0.818. The molecule has 1 N–H and O–H groups in total. The van der Waals surface area contributed by atoms with E-state index in [2.05, 4.69) is 29.3 Å². The molecular weight excluding hydrogens is 190 g/mol. The van der Waals surface area contributed by atoms with Gasteiger partial charge in [0.05, 0.1) is 5.92 Å². The second kappa shape index (κ2) is 3.30. The maximum atomic E-state index is 5.37. The van der Waals surface area contributed by atoms with Crippen LogP contribution in [-0.4, -0.2) is 23.2 Å². The Balaban J connectivity index is 1.78. The molecule has 82 valence electrons. The molecule has 4 unspecified atom stereocenters. The lowest BCUT2D eigenvalue weighted by atomic mass is 9.98. The minimum absolute atomic E-state index is 0.417. The van der Waals surface area contributed by atoms with Gasteiger partial charge in [-0.15, -0.1) is 0 Å². The molecule has 0 radical (unpaired) electrons. The summed E-state index contributed by atoms with van der Waals surface area (Å²) in [6.45, 7) is 6.50. The van der Waals surface area contributed by atoms with Gasteiger partial charge in [0.25, 0.3) is 0 Å². The SMILES string of the molecule is CC1CC1c1noc(C2CNCC2C)n1. The predicted octanol–water partition coefficient (Wildman–Crippen LogP) is 1.52. The van der Waals surface area contributed by atoms with Crippen molar-refractivity contribution in [2.24, 2.45) is 11.8 Å². The van der Waals surface area contributed by atoms with Crippen molar-refractivity contribution in [2.45, 2.75) is 32.1 Å². The van der Waals surface area contributed by atoms with Crippen LogP contribution in [0, 0.1) is 11.8 Å². The molecule has 4 heteroatoms. The predicted molar refractivity (Wildman–Crippen MR) is 55.6 cm³/mol. The molecule has 1 aromatic rings. The van der Waals surface area contributed by atoms with Crippen LogP contribution in [0.1, 0.15) is 43.8 Å². The number of aromatic nitrogens is 2. The number of nitrogens with zero attached hydrogens (tertiary/aromatic N) is 2. The zero-order chi connectivity index (χ0) is 10.4. The topological polar surface area (TPSA) is 51.0 Å². The number of hydrogen-bond donors (Lipinski definition) is 1. The summed E-state index contributed by atoms with van der Waals surface area (Å²) in [5.41, 5.74) is 0. The van der Waals surface area contributed by atoms with Crippen molar-refractivity contribution >= 4 is 0 Å². The Morgan fingerprint density at radius 2 is 2.00 bits per heavy atom. The molecule has 15 heavy (non-hydrogen) atoms. The van der Waals surface area contributed by atoms with Crippen LogP contribution in [0.5, 0.6) is 0 Å². The first-order chi connectivity index (χ1) is 7.25. The van der Waals surface area contributed by atoms with Crippen LogP contribution >= 0.6 is 0 Å². The maximum absolute atomic E-state index is 5.37.